The van der Waals surface area contributed by atoms with Crippen LogP contribution in [0.4, 0.5) is 13.2 Å². The van der Waals surface area contributed by atoms with Crippen molar-refractivity contribution in [2.45, 2.75) is 25.7 Å². The van der Waals surface area contributed by atoms with Gasteiger partial charge in [0.25, 0.3) is 11.8 Å². The molecule has 0 bridgehead atoms. The number of nitrogens with zero attached hydrogens (tertiary/aromatic N) is 1. The van der Waals surface area contributed by atoms with Gasteiger partial charge in [-0.2, -0.15) is 13.2 Å². The zero-order valence-corrected chi connectivity index (χ0v) is 19.5. The van der Waals surface area contributed by atoms with Gasteiger partial charge in [-0.1, -0.05) is 42.5 Å². The number of hydrogen-bond acceptors (Lipinski definition) is 3. The smallest absolute Gasteiger partial charge is 0.416 e. The number of benzene rings is 3. The summed E-state index contributed by atoms with van der Waals surface area (Å²) in [5.74, 6) is -2.61. The number of aromatic carboxylic acids is 1. The lowest BCUT2D eigenvalue weighted by molar-refractivity contribution is -0.137. The topological polar surface area (TPSA) is 114 Å². The molecule has 0 aliphatic carbocycles. The number of para-hydroxylation sites is 1. The second-order valence-corrected chi connectivity index (χ2v) is 8.51. The highest BCUT2D eigenvalue weighted by molar-refractivity contribution is 6.15. The number of amides is 2. The number of carboxylic acid groups (broad SMARTS) is 1. The van der Waals surface area contributed by atoms with Crippen LogP contribution in [0.1, 0.15) is 60.9 Å². The monoisotopic (exact) mass is 509 g/mol. The number of carbonyl (C=O) groups is 3. The Morgan fingerprint density at radius 2 is 1.68 bits per heavy atom. The Hall–Kier alpha value is -4.60. The highest BCUT2D eigenvalue weighted by Crippen LogP contribution is 2.31. The Morgan fingerprint density at radius 1 is 1.00 bits per heavy atom. The molecule has 0 aliphatic heterocycles. The summed E-state index contributed by atoms with van der Waals surface area (Å²) in [4.78, 5) is 37.1. The van der Waals surface area contributed by atoms with Gasteiger partial charge in [0.1, 0.15) is 5.69 Å². The second-order valence-electron chi connectivity index (χ2n) is 8.51. The molecule has 0 saturated carbocycles. The molecule has 4 aromatic rings. The summed E-state index contributed by atoms with van der Waals surface area (Å²) in [7, 11) is 0. The van der Waals surface area contributed by atoms with Crippen LogP contribution in [-0.2, 0) is 12.7 Å². The van der Waals surface area contributed by atoms with Gasteiger partial charge in [0.2, 0.25) is 0 Å². The maximum Gasteiger partial charge on any atom is 0.416 e. The lowest BCUT2D eigenvalue weighted by Crippen LogP contribution is -2.31. The lowest BCUT2D eigenvalue weighted by Gasteiger charge is -2.17. The number of nitrogens with one attached hydrogen (secondary N) is 1. The minimum absolute atomic E-state index is 0.0477. The molecule has 0 fully saturated rings. The van der Waals surface area contributed by atoms with E-state index in [1.165, 1.54) is 28.8 Å². The van der Waals surface area contributed by atoms with Gasteiger partial charge < -0.3 is 20.7 Å². The number of rotatable bonds is 7. The molecule has 37 heavy (non-hydrogen) atoms. The van der Waals surface area contributed by atoms with Crippen molar-refractivity contribution >= 4 is 28.7 Å². The Labute approximate surface area is 209 Å². The van der Waals surface area contributed by atoms with Crippen molar-refractivity contribution in [3.8, 4) is 0 Å². The number of fused-ring (bicyclic) bond motifs is 1. The maximum atomic E-state index is 13.5. The molecule has 1 aromatic heterocycles. The van der Waals surface area contributed by atoms with Crippen LogP contribution in [-0.4, -0.2) is 27.5 Å². The number of carbonyl (C=O) groups excluding carboxylic acids is 2. The molecule has 2 amide bonds. The van der Waals surface area contributed by atoms with Gasteiger partial charge >= 0.3 is 12.1 Å². The standard InChI is InChI=1S/C27H22F3N3O4/c1-15(17-9-11-18(12-10-17)26(36)37)32-25(35)23-22(24(31)34)20-7-2-3-8-21(20)33(23)14-16-5-4-6-19(13-16)27(28,29)30/h2-13,15H,14H2,1H3,(H2,31,34)(H,32,35)(H,36,37). The van der Waals surface area contributed by atoms with Crippen LogP contribution in [0, 0.1) is 0 Å². The van der Waals surface area contributed by atoms with Crippen LogP contribution in [0.25, 0.3) is 10.9 Å². The number of aromatic nitrogens is 1. The predicted octanol–water partition coefficient (Wildman–Crippen LogP) is 5.00. The first-order valence-corrected chi connectivity index (χ1v) is 11.2. The maximum absolute atomic E-state index is 13.5. The molecule has 0 aliphatic rings. The Morgan fingerprint density at radius 3 is 2.30 bits per heavy atom. The first kappa shape index (κ1) is 25.5. The number of hydrogen-bond donors (Lipinski definition) is 3. The van der Waals surface area contributed by atoms with Crippen molar-refractivity contribution in [2.24, 2.45) is 5.73 Å². The zero-order valence-electron chi connectivity index (χ0n) is 19.5. The summed E-state index contributed by atoms with van der Waals surface area (Å²) in [6, 6.07) is 16.7. The van der Waals surface area contributed by atoms with Crippen LogP contribution in [0.3, 0.4) is 0 Å². The number of halogens is 3. The van der Waals surface area contributed by atoms with Crippen molar-refractivity contribution in [3.63, 3.8) is 0 Å². The van der Waals surface area contributed by atoms with E-state index >= 15 is 0 Å². The van der Waals surface area contributed by atoms with Gasteiger partial charge in [-0.15, -0.1) is 0 Å². The average Bonchev–Trinajstić information content (AvgIpc) is 3.18. The van der Waals surface area contributed by atoms with Crippen molar-refractivity contribution < 1.29 is 32.7 Å². The third-order valence-corrected chi connectivity index (χ3v) is 6.03. The van der Waals surface area contributed by atoms with Crippen molar-refractivity contribution in [1.29, 1.82) is 0 Å². The van der Waals surface area contributed by atoms with Gasteiger partial charge in [0, 0.05) is 17.4 Å². The number of alkyl halides is 3. The van der Waals surface area contributed by atoms with E-state index in [-0.39, 0.29) is 28.9 Å². The van der Waals surface area contributed by atoms with E-state index in [0.717, 1.165) is 12.1 Å². The summed E-state index contributed by atoms with van der Waals surface area (Å²) in [6.07, 6.45) is -4.54. The third-order valence-electron chi connectivity index (χ3n) is 6.03. The van der Waals surface area contributed by atoms with E-state index < -0.39 is 35.6 Å². The highest BCUT2D eigenvalue weighted by Gasteiger charge is 2.31. The predicted molar refractivity (Wildman–Crippen MR) is 130 cm³/mol. The average molecular weight is 509 g/mol. The largest absolute Gasteiger partial charge is 0.478 e. The molecule has 0 spiro atoms. The molecule has 1 unspecified atom stereocenters. The van der Waals surface area contributed by atoms with Crippen molar-refractivity contribution in [2.75, 3.05) is 0 Å². The first-order valence-electron chi connectivity index (χ1n) is 11.2. The molecule has 190 valence electrons. The Kier molecular flexibility index (Phi) is 6.76. The summed E-state index contributed by atoms with van der Waals surface area (Å²) in [5, 5.41) is 12.3. The molecular weight excluding hydrogens is 487 g/mol. The van der Waals surface area contributed by atoms with Crippen LogP contribution < -0.4 is 11.1 Å². The molecule has 1 atom stereocenters. The molecule has 10 heteroatoms. The quantitative estimate of drug-likeness (QED) is 0.325. The molecule has 0 saturated heterocycles. The van der Waals surface area contributed by atoms with Gasteiger partial charge in [0.15, 0.2) is 0 Å². The van der Waals surface area contributed by atoms with E-state index in [0.29, 0.717) is 16.5 Å². The normalized spacial score (nSPS) is 12.3. The third kappa shape index (κ3) is 5.18. The summed E-state index contributed by atoms with van der Waals surface area (Å²) in [6.45, 7) is 1.56. The molecule has 0 radical (unpaired) electrons. The van der Waals surface area contributed by atoms with Gasteiger partial charge in [-0.3, -0.25) is 9.59 Å². The number of carboxylic acids is 1. The van der Waals surface area contributed by atoms with Crippen molar-refractivity contribution in [1.82, 2.24) is 9.88 Å². The van der Waals surface area contributed by atoms with E-state index in [1.807, 2.05) is 0 Å². The highest BCUT2D eigenvalue weighted by atomic mass is 19.4. The van der Waals surface area contributed by atoms with Crippen LogP contribution in [0.2, 0.25) is 0 Å². The minimum Gasteiger partial charge on any atom is -0.478 e. The fraction of sp³-hybridized carbons (Fsp3) is 0.148. The van der Waals surface area contributed by atoms with Gasteiger partial charge in [-0.05, 0) is 48.4 Å². The van der Waals surface area contributed by atoms with Gasteiger partial charge in [-0.25, -0.2) is 4.79 Å². The summed E-state index contributed by atoms with van der Waals surface area (Å²) < 4.78 is 41.3. The molecule has 4 rings (SSSR count). The summed E-state index contributed by atoms with van der Waals surface area (Å²) in [5.41, 5.74) is 6.12. The Balaban J connectivity index is 1.77. The number of nitrogens with two attached hydrogens (primary N) is 1. The fourth-order valence-corrected chi connectivity index (χ4v) is 4.24. The first-order chi connectivity index (χ1) is 17.5. The molecule has 7 nitrogen and oxygen atoms in total. The molecular formula is C27H22F3N3O4. The number of primary amides is 1. The molecule has 1 heterocycles. The lowest BCUT2D eigenvalue weighted by atomic mass is 10.1. The Bertz CT molecular complexity index is 1510. The van der Waals surface area contributed by atoms with Crippen molar-refractivity contribution in [3.05, 3.63) is 106 Å². The molecule has 3 aromatic carbocycles. The zero-order chi connectivity index (χ0) is 26.9. The van der Waals surface area contributed by atoms with E-state index in [2.05, 4.69) is 5.32 Å². The second kappa shape index (κ2) is 9.81. The molecule has 4 N–H and O–H groups in total. The van der Waals surface area contributed by atoms with E-state index in [1.54, 1.807) is 43.3 Å². The van der Waals surface area contributed by atoms with E-state index in [9.17, 15) is 27.6 Å². The fourth-order valence-electron chi connectivity index (χ4n) is 4.24. The van der Waals surface area contributed by atoms with E-state index in [4.69, 9.17) is 10.8 Å². The van der Waals surface area contributed by atoms with Crippen LogP contribution >= 0.6 is 0 Å². The van der Waals surface area contributed by atoms with Crippen LogP contribution in [0.15, 0.2) is 72.8 Å². The SMILES string of the molecule is CC(NC(=O)c1c(C(N)=O)c2ccccc2n1Cc1cccc(C(F)(F)F)c1)c1ccc(C(=O)O)cc1. The minimum atomic E-state index is -4.54. The van der Waals surface area contributed by atoms with Crippen LogP contribution in [0.5, 0.6) is 0 Å². The summed E-state index contributed by atoms with van der Waals surface area (Å²) >= 11 is 0. The van der Waals surface area contributed by atoms with Gasteiger partial charge in [0.05, 0.1) is 22.7 Å².